The minimum Gasteiger partial charge on any atom is -0.373 e. The van der Waals surface area contributed by atoms with Gasteiger partial charge < -0.3 is 11.1 Å². The summed E-state index contributed by atoms with van der Waals surface area (Å²) < 4.78 is 0. The highest BCUT2D eigenvalue weighted by atomic mass is 16.2. The average molecular weight is 244 g/mol. The summed E-state index contributed by atoms with van der Waals surface area (Å²) in [5.41, 5.74) is 25.8. The van der Waals surface area contributed by atoms with Crippen LogP contribution >= 0.6 is 0 Å². The topological polar surface area (TPSA) is 165 Å². The number of rotatable bonds is 0. The van der Waals surface area contributed by atoms with Crippen molar-refractivity contribution >= 4 is 17.8 Å². The molecular weight excluding hydrogens is 238 g/mol. The van der Waals surface area contributed by atoms with Crippen LogP contribution in [0.5, 0.6) is 0 Å². The molecule has 0 saturated heterocycles. The number of ketones is 1. The van der Waals surface area contributed by atoms with Gasteiger partial charge in [0.05, 0.1) is 5.36 Å². The summed E-state index contributed by atoms with van der Waals surface area (Å²) in [6.45, 7) is 0. The van der Waals surface area contributed by atoms with Crippen LogP contribution in [-0.2, 0) is 9.59 Å². The molecule has 0 aliphatic carbocycles. The first-order chi connectivity index (χ1) is 8.60. The standard InChI is InChI=1S/C9H5NO2.HN3.N3/c11-8-5-6-3-1-2-4-7(6)10-9(8)12;2*1-3-2/h1-5H;1H;/q;;-1. The highest BCUT2D eigenvalue weighted by Gasteiger charge is 2.11. The molecular formula is C9H6N7O2-. The minimum atomic E-state index is -0.686. The van der Waals surface area contributed by atoms with Crippen molar-refractivity contribution in [3.8, 4) is 0 Å². The molecule has 0 saturated carbocycles. The molecule has 9 heteroatoms. The van der Waals surface area contributed by atoms with Crippen molar-refractivity contribution in [1.29, 1.82) is 5.53 Å². The fraction of sp³-hybridized carbons (Fsp3) is 0. The zero-order chi connectivity index (χ0) is 14.0. The molecule has 9 nitrogen and oxygen atoms in total. The van der Waals surface area contributed by atoms with E-state index in [9.17, 15) is 9.59 Å². The van der Waals surface area contributed by atoms with Gasteiger partial charge in [0.25, 0.3) is 0 Å². The fourth-order valence-electron chi connectivity index (χ4n) is 1.08. The van der Waals surface area contributed by atoms with Crippen LogP contribution in [0.1, 0.15) is 0 Å². The van der Waals surface area contributed by atoms with E-state index in [0.29, 0.717) is 10.6 Å². The first-order valence-electron chi connectivity index (χ1n) is 4.33. The van der Waals surface area contributed by atoms with Gasteiger partial charge in [-0.1, -0.05) is 18.2 Å². The molecule has 0 aromatic heterocycles. The van der Waals surface area contributed by atoms with Gasteiger partial charge in [-0.3, -0.25) is 14.5 Å². The monoisotopic (exact) mass is 244 g/mol. The fourth-order valence-corrected chi connectivity index (χ4v) is 1.08. The predicted octanol–water partition coefficient (Wildman–Crippen LogP) is 0.938. The summed E-state index contributed by atoms with van der Waals surface area (Å²) in [7, 11) is 0. The normalized spacial score (nSPS) is 10.7. The number of amides is 1. The molecule has 0 spiro atoms. The summed E-state index contributed by atoms with van der Waals surface area (Å²) in [5, 5.41) is 1.28. The van der Waals surface area contributed by atoms with Gasteiger partial charge in [0.1, 0.15) is 0 Å². The van der Waals surface area contributed by atoms with Crippen molar-refractivity contribution < 1.29 is 9.59 Å². The number of nitrogens with one attached hydrogen (secondary N) is 1. The Kier molecular flexibility index (Phi) is 6.65. The van der Waals surface area contributed by atoms with E-state index in [1.807, 2.05) is 0 Å². The molecule has 0 atom stereocenters. The molecule has 0 bridgehead atoms. The summed E-state index contributed by atoms with van der Waals surface area (Å²) in [6, 6.07) is 7.03. The number of carbonyl (C=O) groups is 2. The van der Waals surface area contributed by atoms with Crippen molar-refractivity contribution in [2.45, 2.75) is 0 Å². The van der Waals surface area contributed by atoms with Crippen LogP contribution in [0.4, 0.5) is 0 Å². The van der Waals surface area contributed by atoms with Gasteiger partial charge >= 0.3 is 5.91 Å². The Bertz CT molecular complexity index is 580. The van der Waals surface area contributed by atoms with Crippen LogP contribution < -0.4 is 10.6 Å². The Hall–Kier alpha value is -3.15. The Balaban J connectivity index is 0.000000414. The second kappa shape index (κ2) is 8.05. The number of para-hydroxylation sites is 1. The largest absolute Gasteiger partial charge is 0.373 e. The molecule has 18 heavy (non-hydrogen) atoms. The second-order valence-corrected chi connectivity index (χ2v) is 2.67. The third kappa shape index (κ3) is 4.58. The third-order valence-corrected chi connectivity index (χ3v) is 1.66. The van der Waals surface area contributed by atoms with Crippen LogP contribution in [0.3, 0.4) is 0 Å². The molecule has 0 radical (unpaired) electrons. The summed E-state index contributed by atoms with van der Waals surface area (Å²) >= 11 is 0. The summed E-state index contributed by atoms with van der Waals surface area (Å²) in [4.78, 5) is 28.5. The highest BCUT2D eigenvalue weighted by molar-refractivity contribution is 6.48. The van der Waals surface area contributed by atoms with E-state index in [1.54, 1.807) is 29.2 Å². The van der Waals surface area contributed by atoms with E-state index in [0.717, 1.165) is 0 Å². The molecule has 1 heterocycles. The van der Waals surface area contributed by atoms with Crippen molar-refractivity contribution in [3.63, 3.8) is 0 Å². The third-order valence-electron chi connectivity index (χ3n) is 1.66. The molecule has 1 aromatic rings. The van der Waals surface area contributed by atoms with Gasteiger partial charge in [-0.25, -0.2) is 4.99 Å². The summed E-state index contributed by atoms with van der Waals surface area (Å²) in [5.74, 6) is -1.23. The van der Waals surface area contributed by atoms with E-state index >= 15 is 0 Å². The molecule has 90 valence electrons. The molecule has 0 unspecified atom stereocenters. The predicted molar refractivity (Wildman–Crippen MR) is 61.2 cm³/mol. The van der Waals surface area contributed by atoms with Gasteiger partial charge in [0.15, 0.2) is 0 Å². The lowest BCUT2D eigenvalue weighted by atomic mass is 10.2. The lowest BCUT2D eigenvalue weighted by Crippen LogP contribution is -2.33. The van der Waals surface area contributed by atoms with Crippen molar-refractivity contribution in [1.82, 2.24) is 0 Å². The maximum Gasteiger partial charge on any atom is 0.317 e. The van der Waals surface area contributed by atoms with Crippen LogP contribution in [-0.4, -0.2) is 11.7 Å². The molecule has 1 aliphatic rings. The molecule has 2 rings (SSSR count). The zero-order valence-corrected chi connectivity index (χ0v) is 8.89. The lowest BCUT2D eigenvalue weighted by molar-refractivity contribution is -0.132. The van der Waals surface area contributed by atoms with Crippen LogP contribution in [0.25, 0.3) is 32.5 Å². The zero-order valence-electron chi connectivity index (χ0n) is 8.89. The number of hydrogen-bond donors (Lipinski definition) is 1. The van der Waals surface area contributed by atoms with E-state index in [-0.39, 0.29) is 0 Å². The Morgan fingerprint density at radius 3 is 2.17 bits per heavy atom. The number of hydrogen-bond acceptors (Lipinski definition) is 3. The quantitative estimate of drug-likeness (QED) is 0.310. The number of benzene rings is 1. The SMILES string of the molecule is O=C1C=c2ccccc2=NC1=O.[N-]=[N+]=N.[N-]=[N+]=[N-]. The molecule has 1 aliphatic heterocycles. The molecule has 0 fully saturated rings. The molecule has 1 amide bonds. The van der Waals surface area contributed by atoms with E-state index in [2.05, 4.69) is 4.99 Å². The number of nitrogens with zero attached hydrogens (tertiary/aromatic N) is 6. The van der Waals surface area contributed by atoms with E-state index in [4.69, 9.17) is 22.1 Å². The van der Waals surface area contributed by atoms with Gasteiger partial charge in [0.2, 0.25) is 5.78 Å². The van der Waals surface area contributed by atoms with Gasteiger partial charge in [-0.05, 0) is 16.5 Å². The van der Waals surface area contributed by atoms with Gasteiger partial charge in [-0.15, -0.1) is 5.53 Å². The van der Waals surface area contributed by atoms with Crippen molar-refractivity contribution in [2.24, 2.45) is 4.99 Å². The molecule has 1 N–H and O–H groups in total. The van der Waals surface area contributed by atoms with Crippen LogP contribution in [0, 0.1) is 5.53 Å². The Morgan fingerprint density at radius 2 is 1.61 bits per heavy atom. The van der Waals surface area contributed by atoms with Crippen LogP contribution in [0.15, 0.2) is 29.3 Å². The van der Waals surface area contributed by atoms with E-state index in [1.165, 1.54) is 11.0 Å². The minimum absolute atomic E-state index is 0.547. The van der Waals surface area contributed by atoms with Crippen molar-refractivity contribution in [3.05, 3.63) is 61.3 Å². The number of carbonyl (C=O) groups excluding carboxylic acids is 2. The summed E-state index contributed by atoms with van der Waals surface area (Å²) in [6.07, 6.45) is 1.31. The number of fused-ring (bicyclic) bond motifs is 1. The number of Topliss-reactive ketones (excluding diaryl/α,β-unsaturated/α-hetero) is 1. The second-order valence-electron chi connectivity index (χ2n) is 2.67. The van der Waals surface area contributed by atoms with Gasteiger partial charge in [0, 0.05) is 11.3 Å². The van der Waals surface area contributed by atoms with Crippen molar-refractivity contribution in [2.75, 3.05) is 0 Å². The Morgan fingerprint density at radius 1 is 1.11 bits per heavy atom. The maximum atomic E-state index is 10.9. The molecule has 1 aromatic carbocycles. The van der Waals surface area contributed by atoms with Crippen LogP contribution in [0.2, 0.25) is 0 Å². The smallest absolute Gasteiger partial charge is 0.317 e. The lowest BCUT2D eigenvalue weighted by Gasteiger charge is -1.95. The maximum absolute atomic E-state index is 10.9. The highest BCUT2D eigenvalue weighted by Crippen LogP contribution is 1.84. The first-order valence-corrected chi connectivity index (χ1v) is 4.33. The Labute approximate surface area is 99.9 Å². The van der Waals surface area contributed by atoms with Gasteiger partial charge in [-0.2, -0.15) is 0 Å². The average Bonchev–Trinajstić information content (AvgIpc) is 2.33. The van der Waals surface area contributed by atoms with E-state index < -0.39 is 11.7 Å². The first kappa shape index (κ1) is 14.8.